The van der Waals surface area contributed by atoms with Crippen LogP contribution in [0.3, 0.4) is 0 Å². The van der Waals surface area contributed by atoms with Gasteiger partial charge >= 0.3 is 0 Å². The molecule has 0 aromatic rings. The molecule has 2 rings (SSSR count). The van der Waals surface area contributed by atoms with E-state index >= 15 is 0 Å². The lowest BCUT2D eigenvalue weighted by Crippen LogP contribution is -2.53. The van der Waals surface area contributed by atoms with Gasteiger partial charge in [-0.05, 0) is 72.1 Å². The van der Waals surface area contributed by atoms with Crippen molar-refractivity contribution < 1.29 is 4.79 Å². The molecule has 1 amide bonds. The fourth-order valence-corrected chi connectivity index (χ4v) is 3.43. The average molecular weight is 354 g/mol. The van der Waals surface area contributed by atoms with Crippen molar-refractivity contribution in [1.29, 1.82) is 0 Å². The summed E-state index contributed by atoms with van der Waals surface area (Å²) in [5.74, 6) is 0.460. The minimum absolute atomic E-state index is 0. The van der Waals surface area contributed by atoms with Gasteiger partial charge in [0.05, 0.1) is 0 Å². The number of nitrogens with one attached hydrogen (secondary N) is 2. The molecule has 2 aliphatic heterocycles. The van der Waals surface area contributed by atoms with Crippen molar-refractivity contribution in [2.24, 2.45) is 5.92 Å². The van der Waals surface area contributed by atoms with Gasteiger partial charge in [0.25, 0.3) is 0 Å². The SMILES string of the molecule is CC(C)(CN1CCCCC1)NC(=O)C1CCCNCC1.Cl.Cl. The maximum atomic E-state index is 12.5. The number of carbonyl (C=O) groups excluding carboxylic acids is 1. The van der Waals surface area contributed by atoms with Gasteiger partial charge in [-0.3, -0.25) is 4.79 Å². The van der Waals surface area contributed by atoms with Crippen molar-refractivity contribution in [1.82, 2.24) is 15.5 Å². The first-order valence-corrected chi connectivity index (χ1v) is 8.32. The van der Waals surface area contributed by atoms with Crippen LogP contribution in [0.4, 0.5) is 0 Å². The molecule has 22 heavy (non-hydrogen) atoms. The molecule has 2 N–H and O–H groups in total. The maximum absolute atomic E-state index is 12.5. The standard InChI is InChI=1S/C16H31N3O.2ClH/c1-16(2,13-19-11-4-3-5-12-19)18-15(20)14-7-6-9-17-10-8-14;;/h14,17H,3-13H2,1-2H3,(H,18,20);2*1H. The Labute approximate surface area is 148 Å². The molecule has 4 nitrogen and oxygen atoms in total. The first-order valence-electron chi connectivity index (χ1n) is 8.32. The Kier molecular flexibility index (Phi) is 10.7. The van der Waals surface area contributed by atoms with Gasteiger partial charge in [0, 0.05) is 18.0 Å². The number of piperidine rings is 1. The monoisotopic (exact) mass is 353 g/mol. The summed E-state index contributed by atoms with van der Waals surface area (Å²) in [5.41, 5.74) is -0.117. The van der Waals surface area contributed by atoms with Crippen molar-refractivity contribution >= 4 is 30.7 Å². The first-order chi connectivity index (χ1) is 9.57. The molecule has 132 valence electrons. The van der Waals surface area contributed by atoms with Crippen LogP contribution in [0.1, 0.15) is 52.4 Å². The molecule has 2 fully saturated rings. The molecule has 1 unspecified atom stereocenters. The van der Waals surface area contributed by atoms with Gasteiger partial charge in [-0.1, -0.05) is 6.42 Å². The van der Waals surface area contributed by atoms with E-state index in [4.69, 9.17) is 0 Å². The van der Waals surface area contributed by atoms with E-state index < -0.39 is 0 Å². The van der Waals surface area contributed by atoms with Crippen LogP contribution in [0.15, 0.2) is 0 Å². The number of rotatable bonds is 4. The smallest absolute Gasteiger partial charge is 0.223 e. The van der Waals surface area contributed by atoms with Crippen LogP contribution in [0.2, 0.25) is 0 Å². The van der Waals surface area contributed by atoms with Crippen molar-refractivity contribution in [2.75, 3.05) is 32.7 Å². The fraction of sp³-hybridized carbons (Fsp3) is 0.938. The first kappa shape index (κ1) is 22.0. The summed E-state index contributed by atoms with van der Waals surface area (Å²) in [6, 6.07) is 0. The number of halogens is 2. The highest BCUT2D eigenvalue weighted by Crippen LogP contribution is 2.17. The zero-order chi connectivity index (χ0) is 14.4. The van der Waals surface area contributed by atoms with Gasteiger partial charge in [-0.25, -0.2) is 0 Å². The lowest BCUT2D eigenvalue weighted by Gasteiger charge is -2.36. The second kappa shape index (κ2) is 10.7. The lowest BCUT2D eigenvalue weighted by atomic mass is 9.96. The largest absolute Gasteiger partial charge is 0.350 e. The zero-order valence-electron chi connectivity index (χ0n) is 14.0. The van der Waals surface area contributed by atoms with Gasteiger partial charge in [0.1, 0.15) is 0 Å². The summed E-state index contributed by atoms with van der Waals surface area (Å²) in [4.78, 5) is 14.9. The van der Waals surface area contributed by atoms with Crippen LogP contribution in [-0.2, 0) is 4.79 Å². The molecule has 0 aromatic heterocycles. The van der Waals surface area contributed by atoms with E-state index in [1.807, 2.05) is 0 Å². The number of likely N-dealkylation sites (tertiary alicyclic amines) is 1. The molecule has 0 spiro atoms. The quantitative estimate of drug-likeness (QED) is 0.816. The molecule has 0 bridgehead atoms. The van der Waals surface area contributed by atoms with Crippen LogP contribution < -0.4 is 10.6 Å². The molecule has 0 saturated carbocycles. The van der Waals surface area contributed by atoms with Gasteiger partial charge in [0.2, 0.25) is 5.91 Å². The number of amides is 1. The van der Waals surface area contributed by atoms with Crippen molar-refractivity contribution in [3.63, 3.8) is 0 Å². The third kappa shape index (κ3) is 7.49. The highest BCUT2D eigenvalue weighted by Gasteiger charge is 2.28. The van der Waals surface area contributed by atoms with E-state index in [1.54, 1.807) is 0 Å². The number of hydrogen-bond acceptors (Lipinski definition) is 3. The lowest BCUT2D eigenvalue weighted by molar-refractivity contribution is -0.127. The Morgan fingerprint density at radius 1 is 1.09 bits per heavy atom. The molecule has 2 heterocycles. The summed E-state index contributed by atoms with van der Waals surface area (Å²) in [7, 11) is 0. The van der Waals surface area contributed by atoms with E-state index in [0.29, 0.717) is 0 Å². The third-order valence-corrected chi connectivity index (χ3v) is 4.48. The van der Waals surface area contributed by atoms with Crippen LogP contribution >= 0.6 is 24.8 Å². The minimum Gasteiger partial charge on any atom is -0.350 e. The van der Waals surface area contributed by atoms with Gasteiger partial charge in [-0.15, -0.1) is 24.8 Å². The zero-order valence-corrected chi connectivity index (χ0v) is 15.7. The van der Waals surface area contributed by atoms with Crippen LogP contribution in [0.5, 0.6) is 0 Å². The second-order valence-electron chi connectivity index (χ2n) is 7.09. The molecule has 2 aliphatic rings. The maximum Gasteiger partial charge on any atom is 0.223 e. The summed E-state index contributed by atoms with van der Waals surface area (Å²) in [6.45, 7) is 9.71. The summed E-state index contributed by atoms with van der Waals surface area (Å²) >= 11 is 0. The molecular weight excluding hydrogens is 321 g/mol. The summed E-state index contributed by atoms with van der Waals surface area (Å²) in [5, 5.41) is 6.67. The van der Waals surface area contributed by atoms with Crippen LogP contribution in [0, 0.1) is 5.92 Å². The number of carbonyl (C=O) groups is 1. The Morgan fingerprint density at radius 2 is 1.77 bits per heavy atom. The normalized spacial score (nSPS) is 23.6. The van der Waals surface area contributed by atoms with Crippen molar-refractivity contribution in [2.45, 2.75) is 57.9 Å². The highest BCUT2D eigenvalue weighted by molar-refractivity contribution is 5.85. The highest BCUT2D eigenvalue weighted by atomic mass is 35.5. The van der Waals surface area contributed by atoms with Gasteiger partial charge < -0.3 is 15.5 Å². The number of nitrogens with zero attached hydrogens (tertiary/aromatic N) is 1. The van der Waals surface area contributed by atoms with Crippen molar-refractivity contribution in [3.05, 3.63) is 0 Å². The van der Waals surface area contributed by atoms with Gasteiger partial charge in [-0.2, -0.15) is 0 Å². The van der Waals surface area contributed by atoms with Gasteiger partial charge in [0.15, 0.2) is 0 Å². The van der Waals surface area contributed by atoms with Crippen LogP contribution in [-0.4, -0.2) is 49.1 Å². The van der Waals surface area contributed by atoms with Crippen molar-refractivity contribution in [3.8, 4) is 0 Å². The third-order valence-electron chi connectivity index (χ3n) is 4.48. The molecule has 6 heteroatoms. The predicted octanol–water partition coefficient (Wildman–Crippen LogP) is 2.60. The minimum atomic E-state index is -0.117. The molecule has 0 aliphatic carbocycles. The number of hydrogen-bond donors (Lipinski definition) is 2. The second-order valence-corrected chi connectivity index (χ2v) is 7.09. The Hall–Kier alpha value is -0.0300. The summed E-state index contributed by atoms with van der Waals surface area (Å²) < 4.78 is 0. The van der Waals surface area contributed by atoms with E-state index in [9.17, 15) is 4.79 Å². The fourth-order valence-electron chi connectivity index (χ4n) is 3.43. The topological polar surface area (TPSA) is 44.4 Å². The molecule has 0 aromatic carbocycles. The predicted molar refractivity (Wildman–Crippen MR) is 97.2 cm³/mol. The van der Waals surface area contributed by atoms with E-state index in [0.717, 1.165) is 38.9 Å². The van der Waals surface area contributed by atoms with E-state index in [1.165, 1.54) is 32.4 Å². The Morgan fingerprint density at radius 3 is 2.45 bits per heavy atom. The molecule has 0 radical (unpaired) electrons. The molecular formula is C16H33Cl2N3O. The molecule has 2 saturated heterocycles. The molecule has 1 atom stereocenters. The van der Waals surface area contributed by atoms with Crippen LogP contribution in [0.25, 0.3) is 0 Å². The summed E-state index contributed by atoms with van der Waals surface area (Å²) in [6.07, 6.45) is 7.09. The van der Waals surface area contributed by atoms with E-state index in [-0.39, 0.29) is 42.2 Å². The van der Waals surface area contributed by atoms with E-state index in [2.05, 4.69) is 29.4 Å². The Balaban J connectivity index is 0.00000220. The average Bonchev–Trinajstić information content (AvgIpc) is 2.67. The Bertz CT molecular complexity index is 313.